The molecule has 0 heterocycles. The third-order valence-electron chi connectivity index (χ3n) is 2.25. The molecule has 0 aromatic heterocycles. The molecule has 0 amide bonds. The Balaban J connectivity index is 0.00000256. The number of halogens is 2. The molecule has 0 spiro atoms. The number of carbonyl (C=O) groups is 1. The number of ether oxygens (including phenoxy) is 1. The highest BCUT2D eigenvalue weighted by atomic mass is 35.5. The molecule has 1 rings (SSSR count). The highest BCUT2D eigenvalue weighted by Crippen LogP contribution is 2.18. The molecule has 0 bridgehead atoms. The lowest BCUT2D eigenvalue weighted by molar-refractivity contribution is -0.149. The molecule has 0 fully saturated rings. The molecule has 1 unspecified atom stereocenters. The number of alkyl halides is 1. The van der Waals surface area contributed by atoms with E-state index in [-0.39, 0.29) is 19.0 Å². The van der Waals surface area contributed by atoms with Gasteiger partial charge in [0.2, 0.25) is 6.17 Å². The minimum Gasteiger partial charge on any atom is -0.464 e. The molecule has 0 saturated heterocycles. The SMILES string of the molecule is CCOC(=O)C(F)[C@H](N)c1cccc(C)c1.Cl. The monoisotopic (exact) mass is 261 g/mol. The second-order valence-corrected chi connectivity index (χ2v) is 3.59. The second-order valence-electron chi connectivity index (χ2n) is 3.59. The van der Waals surface area contributed by atoms with Crippen LogP contribution in [0.25, 0.3) is 0 Å². The van der Waals surface area contributed by atoms with E-state index in [9.17, 15) is 9.18 Å². The number of rotatable bonds is 4. The van der Waals surface area contributed by atoms with Crippen molar-refractivity contribution in [1.29, 1.82) is 0 Å². The highest BCUT2D eigenvalue weighted by molar-refractivity contribution is 5.85. The summed E-state index contributed by atoms with van der Waals surface area (Å²) < 4.78 is 18.2. The van der Waals surface area contributed by atoms with E-state index in [1.807, 2.05) is 13.0 Å². The minimum atomic E-state index is -1.82. The van der Waals surface area contributed by atoms with Crippen molar-refractivity contribution in [3.8, 4) is 0 Å². The lowest BCUT2D eigenvalue weighted by Gasteiger charge is -2.16. The maximum Gasteiger partial charge on any atom is 0.342 e. The fourth-order valence-corrected chi connectivity index (χ4v) is 1.41. The number of benzene rings is 1. The molecule has 0 saturated carbocycles. The van der Waals surface area contributed by atoms with Gasteiger partial charge in [0.15, 0.2) is 0 Å². The average molecular weight is 262 g/mol. The van der Waals surface area contributed by atoms with Gasteiger partial charge in [0.1, 0.15) is 0 Å². The smallest absolute Gasteiger partial charge is 0.342 e. The van der Waals surface area contributed by atoms with Crippen molar-refractivity contribution in [2.45, 2.75) is 26.1 Å². The zero-order valence-electron chi connectivity index (χ0n) is 9.85. The van der Waals surface area contributed by atoms with Crippen LogP contribution in [-0.4, -0.2) is 18.7 Å². The quantitative estimate of drug-likeness (QED) is 0.847. The molecule has 5 heteroatoms. The second kappa shape index (κ2) is 7.25. The molecule has 0 radical (unpaired) electrons. The summed E-state index contributed by atoms with van der Waals surface area (Å²) in [4.78, 5) is 11.2. The van der Waals surface area contributed by atoms with Gasteiger partial charge in [-0.15, -0.1) is 12.4 Å². The van der Waals surface area contributed by atoms with Gasteiger partial charge >= 0.3 is 5.97 Å². The van der Waals surface area contributed by atoms with Crippen molar-refractivity contribution in [3.05, 3.63) is 35.4 Å². The summed E-state index contributed by atoms with van der Waals surface area (Å²) in [5, 5.41) is 0. The van der Waals surface area contributed by atoms with Crippen molar-refractivity contribution in [1.82, 2.24) is 0 Å². The van der Waals surface area contributed by atoms with Crippen molar-refractivity contribution in [3.63, 3.8) is 0 Å². The number of aryl methyl sites for hydroxylation is 1. The van der Waals surface area contributed by atoms with Crippen LogP contribution in [0.5, 0.6) is 0 Å². The van der Waals surface area contributed by atoms with Crippen molar-refractivity contribution < 1.29 is 13.9 Å². The Morgan fingerprint density at radius 3 is 2.71 bits per heavy atom. The first-order chi connectivity index (χ1) is 7.56. The molecule has 2 atom stereocenters. The van der Waals surface area contributed by atoms with E-state index in [1.54, 1.807) is 25.1 Å². The molecular formula is C12H17ClFNO2. The van der Waals surface area contributed by atoms with Gasteiger partial charge in [0, 0.05) is 0 Å². The largest absolute Gasteiger partial charge is 0.464 e. The van der Waals surface area contributed by atoms with Crippen molar-refractivity contribution >= 4 is 18.4 Å². The topological polar surface area (TPSA) is 52.3 Å². The predicted molar refractivity (Wildman–Crippen MR) is 66.9 cm³/mol. The Morgan fingerprint density at radius 2 is 2.18 bits per heavy atom. The summed E-state index contributed by atoms with van der Waals surface area (Å²) in [6.45, 7) is 3.66. The average Bonchev–Trinajstić information content (AvgIpc) is 2.27. The number of nitrogens with two attached hydrogens (primary N) is 1. The van der Waals surface area contributed by atoms with E-state index >= 15 is 0 Å². The first kappa shape index (κ1) is 15.9. The Bertz CT molecular complexity index is 373. The Morgan fingerprint density at radius 1 is 1.53 bits per heavy atom. The van der Waals surface area contributed by atoms with Gasteiger partial charge in [-0.2, -0.15) is 0 Å². The van der Waals surface area contributed by atoms with Gasteiger partial charge in [-0.05, 0) is 19.4 Å². The van der Waals surface area contributed by atoms with Crippen LogP contribution < -0.4 is 5.73 Å². The predicted octanol–water partition coefficient (Wildman–Crippen LogP) is 2.32. The summed E-state index contributed by atoms with van der Waals surface area (Å²) >= 11 is 0. The van der Waals surface area contributed by atoms with Crippen LogP contribution in [0.4, 0.5) is 4.39 Å². The Labute approximate surface area is 107 Å². The van der Waals surface area contributed by atoms with Crippen LogP contribution in [0.2, 0.25) is 0 Å². The maximum atomic E-state index is 13.6. The van der Waals surface area contributed by atoms with Crippen molar-refractivity contribution in [2.75, 3.05) is 6.61 Å². The third-order valence-corrected chi connectivity index (χ3v) is 2.25. The van der Waals surface area contributed by atoms with Crippen molar-refractivity contribution in [2.24, 2.45) is 5.73 Å². The third kappa shape index (κ3) is 4.32. The molecule has 0 aliphatic heterocycles. The van der Waals surface area contributed by atoms with Gasteiger partial charge in [0.05, 0.1) is 12.6 Å². The van der Waals surface area contributed by atoms with Gasteiger partial charge < -0.3 is 10.5 Å². The standard InChI is InChI=1S/C12H16FNO2.ClH/c1-3-16-12(15)10(13)11(14)9-6-4-5-8(2)7-9;/h4-7,10-11H,3,14H2,1-2H3;1H/t10?,11-;/m1./s1. The van der Waals surface area contributed by atoms with Crippen LogP contribution in [0.1, 0.15) is 24.1 Å². The van der Waals surface area contributed by atoms with Crippen LogP contribution in [-0.2, 0) is 9.53 Å². The van der Waals surface area contributed by atoms with Crippen LogP contribution in [0.3, 0.4) is 0 Å². The summed E-state index contributed by atoms with van der Waals surface area (Å²) in [6, 6.07) is 6.15. The summed E-state index contributed by atoms with van der Waals surface area (Å²) in [6.07, 6.45) is -1.82. The van der Waals surface area contributed by atoms with Gasteiger partial charge in [-0.25, -0.2) is 9.18 Å². The van der Waals surface area contributed by atoms with E-state index in [0.29, 0.717) is 5.56 Å². The van der Waals surface area contributed by atoms with Crippen LogP contribution in [0, 0.1) is 6.92 Å². The zero-order valence-corrected chi connectivity index (χ0v) is 10.7. The molecule has 0 aliphatic carbocycles. The molecule has 17 heavy (non-hydrogen) atoms. The molecule has 1 aromatic carbocycles. The number of hydrogen-bond donors (Lipinski definition) is 1. The Hall–Kier alpha value is -1.13. The normalized spacial score (nSPS) is 13.4. The van der Waals surface area contributed by atoms with E-state index in [2.05, 4.69) is 4.74 Å². The van der Waals surface area contributed by atoms with E-state index in [1.165, 1.54) is 0 Å². The van der Waals surface area contributed by atoms with E-state index < -0.39 is 18.2 Å². The fraction of sp³-hybridized carbons (Fsp3) is 0.417. The minimum absolute atomic E-state index is 0. The number of esters is 1. The molecular weight excluding hydrogens is 245 g/mol. The molecule has 3 nitrogen and oxygen atoms in total. The fourth-order valence-electron chi connectivity index (χ4n) is 1.41. The van der Waals surface area contributed by atoms with Gasteiger partial charge in [-0.1, -0.05) is 29.8 Å². The van der Waals surface area contributed by atoms with E-state index in [0.717, 1.165) is 5.56 Å². The highest BCUT2D eigenvalue weighted by Gasteiger charge is 2.27. The molecule has 2 N–H and O–H groups in total. The van der Waals surface area contributed by atoms with Gasteiger partial charge in [0.25, 0.3) is 0 Å². The van der Waals surface area contributed by atoms with Crippen LogP contribution in [0.15, 0.2) is 24.3 Å². The summed E-state index contributed by atoms with van der Waals surface area (Å²) in [5.74, 6) is -0.906. The maximum absolute atomic E-state index is 13.6. The summed E-state index contributed by atoms with van der Waals surface area (Å²) in [7, 11) is 0. The Kier molecular flexibility index (Phi) is 6.76. The lowest BCUT2D eigenvalue weighted by Crippen LogP contribution is -2.31. The number of hydrogen-bond acceptors (Lipinski definition) is 3. The molecule has 0 aliphatic rings. The first-order valence-corrected chi connectivity index (χ1v) is 5.19. The zero-order chi connectivity index (χ0) is 12.1. The number of carbonyl (C=O) groups excluding carboxylic acids is 1. The lowest BCUT2D eigenvalue weighted by atomic mass is 10.0. The van der Waals surface area contributed by atoms with Gasteiger partial charge in [-0.3, -0.25) is 0 Å². The first-order valence-electron chi connectivity index (χ1n) is 5.19. The van der Waals surface area contributed by atoms with E-state index in [4.69, 9.17) is 5.73 Å². The molecule has 1 aromatic rings. The summed E-state index contributed by atoms with van der Waals surface area (Å²) in [5.41, 5.74) is 7.24. The van der Waals surface area contributed by atoms with Crippen LogP contribution >= 0.6 is 12.4 Å². The molecule has 96 valence electrons.